The van der Waals surface area contributed by atoms with Gasteiger partial charge in [-0.3, -0.25) is 14.2 Å². The first-order chi connectivity index (χ1) is 13.5. The third-order valence-electron chi connectivity index (χ3n) is 4.86. The Bertz CT molecular complexity index is 1130. The number of hydrogen-bond acceptors (Lipinski definition) is 4. The molecule has 7 heteroatoms. The number of para-hydroxylation sites is 2. The lowest BCUT2D eigenvalue weighted by Crippen LogP contribution is -2.31. The average molecular weight is 376 g/mol. The van der Waals surface area contributed by atoms with Gasteiger partial charge in [0, 0.05) is 18.8 Å². The minimum absolute atomic E-state index is 0.0443. The van der Waals surface area contributed by atoms with Gasteiger partial charge < -0.3 is 9.88 Å². The number of benzene rings is 1. The van der Waals surface area contributed by atoms with Gasteiger partial charge in [0.1, 0.15) is 11.9 Å². The summed E-state index contributed by atoms with van der Waals surface area (Å²) in [7, 11) is 0. The molecule has 0 aliphatic heterocycles. The highest BCUT2D eigenvalue weighted by Crippen LogP contribution is 2.23. The van der Waals surface area contributed by atoms with E-state index in [9.17, 15) is 4.79 Å². The lowest BCUT2D eigenvalue weighted by atomic mass is 10.1. The van der Waals surface area contributed by atoms with Crippen LogP contribution in [0.2, 0.25) is 0 Å². The molecular weight excluding hydrogens is 352 g/mol. The summed E-state index contributed by atoms with van der Waals surface area (Å²) in [6.07, 6.45) is 7.84. The molecule has 0 spiro atoms. The molecule has 4 aromatic rings. The van der Waals surface area contributed by atoms with Gasteiger partial charge in [0.05, 0.1) is 35.7 Å². The van der Waals surface area contributed by atoms with Crippen molar-refractivity contribution in [1.29, 1.82) is 0 Å². The summed E-state index contributed by atoms with van der Waals surface area (Å²) in [6, 6.07) is 7.61. The van der Waals surface area contributed by atoms with Crippen molar-refractivity contribution in [2.24, 2.45) is 5.92 Å². The molecule has 0 radical (unpaired) electrons. The van der Waals surface area contributed by atoms with Crippen molar-refractivity contribution < 1.29 is 4.79 Å². The Morgan fingerprint density at radius 1 is 1.18 bits per heavy atom. The van der Waals surface area contributed by atoms with Gasteiger partial charge in [0.25, 0.3) is 0 Å². The SMILES string of the molecule is CC(C)Cc1nc2ccccc2n1C(C)C(=O)NCc1cnc2cnccn12. The largest absolute Gasteiger partial charge is 0.349 e. The number of amides is 1. The Labute approximate surface area is 163 Å². The van der Waals surface area contributed by atoms with E-state index in [1.165, 1.54) is 0 Å². The van der Waals surface area contributed by atoms with E-state index in [0.29, 0.717) is 12.5 Å². The van der Waals surface area contributed by atoms with Gasteiger partial charge in [-0.15, -0.1) is 0 Å². The lowest BCUT2D eigenvalue weighted by molar-refractivity contribution is -0.124. The van der Waals surface area contributed by atoms with Crippen LogP contribution in [0.25, 0.3) is 16.7 Å². The molecule has 0 fully saturated rings. The summed E-state index contributed by atoms with van der Waals surface area (Å²) < 4.78 is 3.98. The van der Waals surface area contributed by atoms with Crippen LogP contribution in [0.1, 0.15) is 38.3 Å². The molecule has 0 saturated carbocycles. The second-order valence-corrected chi connectivity index (χ2v) is 7.43. The van der Waals surface area contributed by atoms with Crippen LogP contribution < -0.4 is 5.32 Å². The molecule has 4 rings (SSSR count). The number of imidazole rings is 2. The number of nitrogens with one attached hydrogen (secondary N) is 1. The van der Waals surface area contributed by atoms with Gasteiger partial charge in [0.15, 0.2) is 5.65 Å². The van der Waals surface area contributed by atoms with Crippen molar-refractivity contribution in [2.45, 2.75) is 39.8 Å². The summed E-state index contributed by atoms with van der Waals surface area (Å²) in [6.45, 7) is 6.65. The Kier molecular flexibility index (Phi) is 4.81. The van der Waals surface area contributed by atoms with Crippen LogP contribution in [0, 0.1) is 5.92 Å². The van der Waals surface area contributed by atoms with E-state index in [4.69, 9.17) is 4.98 Å². The van der Waals surface area contributed by atoms with Crippen LogP contribution in [0.3, 0.4) is 0 Å². The fraction of sp³-hybridized carbons (Fsp3) is 0.333. The third-order valence-corrected chi connectivity index (χ3v) is 4.86. The van der Waals surface area contributed by atoms with Crippen molar-refractivity contribution in [2.75, 3.05) is 0 Å². The number of hydrogen-bond donors (Lipinski definition) is 1. The molecule has 3 heterocycles. The number of carbonyl (C=O) groups excluding carboxylic acids is 1. The van der Waals surface area contributed by atoms with E-state index in [2.05, 4.69) is 33.7 Å². The van der Waals surface area contributed by atoms with Crippen molar-refractivity contribution in [3.05, 3.63) is 60.6 Å². The fourth-order valence-corrected chi connectivity index (χ4v) is 3.50. The van der Waals surface area contributed by atoms with Crippen molar-refractivity contribution in [3.63, 3.8) is 0 Å². The number of nitrogens with zero attached hydrogens (tertiary/aromatic N) is 5. The maximum Gasteiger partial charge on any atom is 0.243 e. The maximum atomic E-state index is 13.0. The molecule has 7 nitrogen and oxygen atoms in total. The molecule has 3 aromatic heterocycles. The van der Waals surface area contributed by atoms with E-state index >= 15 is 0 Å². The minimum atomic E-state index is -0.359. The molecular formula is C21H24N6O. The van der Waals surface area contributed by atoms with Gasteiger partial charge in [0.2, 0.25) is 5.91 Å². The minimum Gasteiger partial charge on any atom is -0.349 e. The van der Waals surface area contributed by atoms with Gasteiger partial charge in [-0.05, 0) is 25.0 Å². The highest BCUT2D eigenvalue weighted by Gasteiger charge is 2.22. The molecule has 1 aromatic carbocycles. The summed E-state index contributed by atoms with van der Waals surface area (Å²) in [4.78, 5) is 26.1. The first-order valence-corrected chi connectivity index (χ1v) is 9.54. The number of fused-ring (bicyclic) bond motifs is 2. The second-order valence-electron chi connectivity index (χ2n) is 7.43. The monoisotopic (exact) mass is 376 g/mol. The standard InChI is InChI=1S/C21H24N6O/c1-14(2)10-19-25-17-6-4-5-7-18(17)27(19)15(3)21(28)24-12-16-11-23-20-13-22-8-9-26(16)20/h4-9,11,13-15H,10,12H2,1-3H3,(H,24,28). The highest BCUT2D eigenvalue weighted by molar-refractivity contribution is 5.84. The van der Waals surface area contributed by atoms with E-state index in [1.807, 2.05) is 41.8 Å². The molecule has 0 saturated heterocycles. The predicted octanol–water partition coefficient (Wildman–Crippen LogP) is 3.15. The smallest absolute Gasteiger partial charge is 0.243 e. The first-order valence-electron chi connectivity index (χ1n) is 9.54. The van der Waals surface area contributed by atoms with E-state index in [0.717, 1.165) is 34.6 Å². The normalized spacial score (nSPS) is 12.7. The Hall–Kier alpha value is -3.22. The van der Waals surface area contributed by atoms with Gasteiger partial charge in [-0.2, -0.15) is 0 Å². The van der Waals surface area contributed by atoms with Crippen LogP contribution in [0.15, 0.2) is 49.1 Å². The zero-order valence-corrected chi connectivity index (χ0v) is 16.3. The molecule has 0 bridgehead atoms. The quantitative estimate of drug-likeness (QED) is 0.561. The molecule has 1 unspecified atom stereocenters. The number of carbonyl (C=O) groups is 1. The van der Waals surface area contributed by atoms with Crippen molar-refractivity contribution >= 4 is 22.6 Å². The molecule has 28 heavy (non-hydrogen) atoms. The zero-order chi connectivity index (χ0) is 19.7. The van der Waals surface area contributed by atoms with Gasteiger partial charge in [-0.25, -0.2) is 9.97 Å². The van der Waals surface area contributed by atoms with Gasteiger partial charge in [-0.1, -0.05) is 26.0 Å². The van der Waals surface area contributed by atoms with Crippen LogP contribution in [0.5, 0.6) is 0 Å². The van der Waals surface area contributed by atoms with Crippen molar-refractivity contribution in [1.82, 2.24) is 29.2 Å². The lowest BCUT2D eigenvalue weighted by Gasteiger charge is -2.18. The Morgan fingerprint density at radius 2 is 2.00 bits per heavy atom. The Balaban J connectivity index is 1.58. The van der Waals surface area contributed by atoms with Crippen LogP contribution >= 0.6 is 0 Å². The summed E-state index contributed by atoms with van der Waals surface area (Å²) in [5.74, 6) is 1.36. The summed E-state index contributed by atoms with van der Waals surface area (Å²) >= 11 is 0. The number of rotatable bonds is 6. The molecule has 144 valence electrons. The summed E-state index contributed by atoms with van der Waals surface area (Å²) in [5.41, 5.74) is 3.59. The molecule has 1 amide bonds. The van der Waals surface area contributed by atoms with Crippen molar-refractivity contribution in [3.8, 4) is 0 Å². The third kappa shape index (κ3) is 3.35. The maximum absolute atomic E-state index is 13.0. The second kappa shape index (κ2) is 7.42. The van der Waals surface area contributed by atoms with Crippen LogP contribution in [-0.4, -0.2) is 29.8 Å². The average Bonchev–Trinajstić information content (AvgIpc) is 3.25. The van der Waals surface area contributed by atoms with Gasteiger partial charge >= 0.3 is 0 Å². The highest BCUT2D eigenvalue weighted by atomic mass is 16.2. The molecule has 0 aliphatic carbocycles. The molecule has 0 aliphatic rings. The number of aromatic nitrogens is 5. The molecule has 1 atom stereocenters. The summed E-state index contributed by atoms with van der Waals surface area (Å²) in [5, 5.41) is 3.04. The van der Waals surface area contributed by atoms with E-state index in [1.54, 1.807) is 18.6 Å². The van der Waals surface area contributed by atoms with E-state index < -0.39 is 0 Å². The fourth-order valence-electron chi connectivity index (χ4n) is 3.50. The van der Waals surface area contributed by atoms with E-state index in [-0.39, 0.29) is 11.9 Å². The first kappa shape index (κ1) is 18.2. The topological polar surface area (TPSA) is 77.1 Å². The predicted molar refractivity (Wildman–Crippen MR) is 108 cm³/mol. The Morgan fingerprint density at radius 3 is 2.82 bits per heavy atom. The van der Waals surface area contributed by atoms with Crippen LogP contribution in [-0.2, 0) is 17.8 Å². The van der Waals surface area contributed by atoms with Crippen LogP contribution in [0.4, 0.5) is 0 Å². The zero-order valence-electron chi connectivity index (χ0n) is 16.3. The molecule has 1 N–H and O–H groups in total.